The lowest BCUT2D eigenvalue weighted by Crippen LogP contribution is -2.12. The van der Waals surface area contributed by atoms with E-state index in [1.807, 2.05) is 0 Å². The van der Waals surface area contributed by atoms with Crippen LogP contribution in [0, 0.1) is 10.8 Å². The van der Waals surface area contributed by atoms with E-state index in [0.717, 1.165) is 0 Å². The first-order chi connectivity index (χ1) is 8.21. The Bertz CT molecular complexity index is 469. The maximum atomic E-state index is 6.18. The van der Waals surface area contributed by atoms with E-state index in [1.165, 1.54) is 0 Å². The van der Waals surface area contributed by atoms with E-state index < -0.39 is 0 Å². The van der Waals surface area contributed by atoms with Crippen molar-refractivity contribution in [3.05, 3.63) is 16.1 Å². The average molecular weight is 288 g/mol. The number of rotatable bonds is 3. The van der Waals surface area contributed by atoms with Gasteiger partial charge in [0.15, 0.2) is 0 Å². The number of pyridine rings is 1. The number of nitrogens with one attached hydrogen (secondary N) is 2. The highest BCUT2D eigenvalue weighted by Gasteiger charge is 2.65. The number of aromatic nitrogens is 1. The molecule has 3 nitrogen and oxygen atoms in total. The van der Waals surface area contributed by atoms with Crippen molar-refractivity contribution >= 4 is 34.8 Å². The lowest BCUT2D eigenvalue weighted by molar-refractivity contribution is 0.457. The van der Waals surface area contributed by atoms with Crippen LogP contribution in [-0.2, 0) is 0 Å². The summed E-state index contributed by atoms with van der Waals surface area (Å²) in [6, 6.07) is 2.08. The van der Waals surface area contributed by atoms with Gasteiger partial charge < -0.3 is 10.6 Å². The van der Waals surface area contributed by atoms with E-state index in [4.69, 9.17) is 23.2 Å². The molecule has 0 radical (unpaired) electrons. The van der Waals surface area contributed by atoms with Crippen LogP contribution in [0.1, 0.15) is 27.7 Å². The third kappa shape index (κ3) is 1.94. The fourth-order valence-electron chi connectivity index (χ4n) is 2.44. The Morgan fingerprint density at radius 1 is 1.06 bits per heavy atom. The van der Waals surface area contributed by atoms with Crippen molar-refractivity contribution in [1.29, 1.82) is 0 Å². The highest BCUT2D eigenvalue weighted by Crippen LogP contribution is 2.63. The monoisotopic (exact) mass is 287 g/mol. The van der Waals surface area contributed by atoms with Crippen molar-refractivity contribution in [2.24, 2.45) is 10.8 Å². The lowest BCUT2D eigenvalue weighted by Gasteiger charge is -2.12. The van der Waals surface area contributed by atoms with Gasteiger partial charge in [0.2, 0.25) is 0 Å². The largest absolute Gasteiger partial charge is 0.372 e. The Balaban J connectivity index is 2.26. The van der Waals surface area contributed by atoms with Crippen LogP contribution in [0.4, 0.5) is 11.6 Å². The predicted octanol–water partition coefficient (Wildman–Crippen LogP) is 4.28. The number of nitrogens with zero attached hydrogens (tertiary/aromatic N) is 1. The van der Waals surface area contributed by atoms with Gasteiger partial charge in [0.05, 0.1) is 10.0 Å². The Morgan fingerprint density at radius 2 is 1.56 bits per heavy atom. The van der Waals surface area contributed by atoms with Crippen molar-refractivity contribution in [3.63, 3.8) is 0 Å². The van der Waals surface area contributed by atoms with Gasteiger partial charge in [-0.15, -0.1) is 0 Å². The van der Waals surface area contributed by atoms with Gasteiger partial charge in [-0.2, -0.15) is 0 Å². The van der Waals surface area contributed by atoms with Crippen LogP contribution in [0.15, 0.2) is 6.07 Å². The number of hydrogen-bond acceptors (Lipinski definition) is 3. The summed E-state index contributed by atoms with van der Waals surface area (Å²) in [5.74, 6) is 1.33. The summed E-state index contributed by atoms with van der Waals surface area (Å²) < 4.78 is 0. The Morgan fingerprint density at radius 3 is 2.00 bits per heavy atom. The molecule has 1 fully saturated rings. The van der Waals surface area contributed by atoms with E-state index in [9.17, 15) is 0 Å². The molecule has 2 rings (SSSR count). The first-order valence-corrected chi connectivity index (χ1v) is 6.77. The number of anilines is 2. The summed E-state index contributed by atoms with van der Waals surface area (Å²) in [5.41, 5.74) is 0.467. The molecule has 2 N–H and O–H groups in total. The predicted molar refractivity (Wildman–Crippen MR) is 78.8 cm³/mol. The van der Waals surface area contributed by atoms with Gasteiger partial charge in [0, 0.05) is 13.1 Å². The molecule has 100 valence electrons. The number of hydrogen-bond donors (Lipinski definition) is 2. The van der Waals surface area contributed by atoms with Crippen molar-refractivity contribution < 1.29 is 0 Å². The highest BCUT2D eigenvalue weighted by molar-refractivity contribution is 6.37. The van der Waals surface area contributed by atoms with Crippen molar-refractivity contribution in [2.75, 3.05) is 17.7 Å². The van der Waals surface area contributed by atoms with Gasteiger partial charge in [0.25, 0.3) is 0 Å². The molecule has 0 saturated heterocycles. The molecule has 0 unspecified atom stereocenters. The minimum absolute atomic E-state index is 0.234. The summed E-state index contributed by atoms with van der Waals surface area (Å²) in [4.78, 5) is 4.42. The van der Waals surface area contributed by atoms with Crippen LogP contribution in [0.2, 0.25) is 10.0 Å². The normalized spacial score (nSPS) is 20.6. The highest BCUT2D eigenvalue weighted by atomic mass is 35.5. The molecule has 0 atom stereocenters. The maximum absolute atomic E-state index is 6.18. The molecule has 0 aliphatic heterocycles. The molecular formula is C13H19Cl2N3. The quantitative estimate of drug-likeness (QED) is 0.871. The summed E-state index contributed by atoms with van der Waals surface area (Å²) >= 11 is 12.2. The van der Waals surface area contributed by atoms with Crippen LogP contribution < -0.4 is 10.6 Å². The first-order valence-electron chi connectivity index (χ1n) is 6.02. The fraction of sp³-hybridized carbons (Fsp3) is 0.615. The van der Waals surface area contributed by atoms with Gasteiger partial charge in [-0.1, -0.05) is 50.9 Å². The molecule has 1 aromatic heterocycles. The van der Waals surface area contributed by atoms with Gasteiger partial charge in [-0.3, -0.25) is 0 Å². The molecule has 18 heavy (non-hydrogen) atoms. The van der Waals surface area contributed by atoms with Crippen molar-refractivity contribution in [1.82, 2.24) is 4.98 Å². The zero-order valence-corrected chi connectivity index (χ0v) is 12.9. The summed E-state index contributed by atoms with van der Waals surface area (Å²) in [5, 5.41) is 7.46. The molecule has 1 heterocycles. The van der Waals surface area contributed by atoms with E-state index in [-0.39, 0.29) is 10.8 Å². The van der Waals surface area contributed by atoms with Gasteiger partial charge in [-0.25, -0.2) is 4.98 Å². The summed E-state index contributed by atoms with van der Waals surface area (Å²) in [6.07, 6.45) is 0. The van der Waals surface area contributed by atoms with Gasteiger partial charge >= 0.3 is 0 Å². The van der Waals surface area contributed by atoms with Crippen LogP contribution in [0.5, 0.6) is 0 Å². The molecule has 1 aliphatic rings. The van der Waals surface area contributed by atoms with Crippen molar-refractivity contribution in [2.45, 2.75) is 33.7 Å². The minimum atomic E-state index is 0.234. The maximum Gasteiger partial charge on any atom is 0.147 e. The van der Waals surface area contributed by atoms with E-state index in [1.54, 1.807) is 13.1 Å². The standard InChI is InChI=1S/C13H19Cl2N3/c1-12(2)11(13(12,3)4)18-10-8(15)6-7(14)9(16-5)17-10/h6,11H,1-5H3,(H2,16,17,18). The molecule has 5 heteroatoms. The number of halogens is 2. The summed E-state index contributed by atoms with van der Waals surface area (Å²) in [7, 11) is 1.79. The van der Waals surface area contributed by atoms with Crippen LogP contribution >= 0.6 is 23.2 Å². The third-order valence-corrected chi connectivity index (χ3v) is 5.04. The SMILES string of the molecule is CNc1nc(NC2C(C)(C)C2(C)C)c(Cl)cc1Cl. The average Bonchev–Trinajstić information content (AvgIpc) is 2.64. The Kier molecular flexibility index (Phi) is 3.19. The second-order valence-corrected chi connectivity index (χ2v) is 6.73. The Labute approximate surface area is 118 Å². The molecule has 1 aliphatic carbocycles. The molecule has 0 spiro atoms. The molecule has 1 saturated carbocycles. The third-order valence-electron chi connectivity index (χ3n) is 4.47. The Hall–Kier alpha value is -0.670. The lowest BCUT2D eigenvalue weighted by atomic mass is 10.0. The fourth-order valence-corrected chi connectivity index (χ4v) is 2.94. The summed E-state index contributed by atoms with van der Waals surface area (Å²) in [6.45, 7) is 8.97. The zero-order valence-electron chi connectivity index (χ0n) is 11.4. The van der Waals surface area contributed by atoms with E-state index >= 15 is 0 Å². The zero-order chi connectivity index (χ0) is 13.7. The molecular weight excluding hydrogens is 269 g/mol. The second-order valence-electron chi connectivity index (χ2n) is 5.92. The van der Waals surface area contributed by atoms with Gasteiger partial charge in [-0.05, 0) is 16.9 Å². The van der Waals surface area contributed by atoms with Crippen LogP contribution in [0.25, 0.3) is 0 Å². The first kappa shape index (κ1) is 13.8. The smallest absolute Gasteiger partial charge is 0.147 e. The molecule has 1 aromatic rings. The van der Waals surface area contributed by atoms with Gasteiger partial charge in [0.1, 0.15) is 11.6 Å². The molecule has 0 amide bonds. The van der Waals surface area contributed by atoms with E-state index in [2.05, 4.69) is 43.3 Å². The van der Waals surface area contributed by atoms with Crippen molar-refractivity contribution in [3.8, 4) is 0 Å². The molecule has 0 aromatic carbocycles. The second kappa shape index (κ2) is 4.17. The molecule has 0 bridgehead atoms. The van der Waals surface area contributed by atoms with Crippen LogP contribution in [-0.4, -0.2) is 18.1 Å². The van der Waals surface area contributed by atoms with Crippen LogP contribution in [0.3, 0.4) is 0 Å². The minimum Gasteiger partial charge on any atom is -0.372 e. The van der Waals surface area contributed by atoms with E-state index in [0.29, 0.717) is 27.7 Å². The topological polar surface area (TPSA) is 37.0 Å².